The zero-order valence-electron chi connectivity index (χ0n) is 17.8. The molecule has 2 aromatic rings. The van der Waals surface area contributed by atoms with E-state index in [9.17, 15) is 23.1 Å². The molecule has 2 fully saturated rings. The smallest absolute Gasteiger partial charge is 0.305 e. The number of aliphatic carboxylic acids is 1. The Kier molecular flexibility index (Phi) is 5.87. The molecule has 0 bridgehead atoms. The van der Waals surface area contributed by atoms with Crippen LogP contribution in [0.4, 0.5) is 0 Å². The van der Waals surface area contributed by atoms with Crippen molar-refractivity contribution in [1.82, 2.24) is 5.32 Å². The molecule has 1 aliphatic heterocycles. The summed E-state index contributed by atoms with van der Waals surface area (Å²) in [6, 6.07) is 10.8. The first-order valence-electron chi connectivity index (χ1n) is 10.9. The number of carboxylic acid groups (broad SMARTS) is 1. The summed E-state index contributed by atoms with van der Waals surface area (Å²) >= 11 is 0. The molecule has 2 aromatic carbocycles. The molecule has 6 N–H and O–H groups in total. The number of benzene rings is 2. The number of carbonyl (C=O) groups excluding carboxylic acids is 1. The highest BCUT2D eigenvalue weighted by Gasteiger charge is 2.64. The molecule has 4 rings (SSSR count). The summed E-state index contributed by atoms with van der Waals surface area (Å²) in [5.74, 6) is -1.94. The quantitative estimate of drug-likeness (QED) is 0.508. The van der Waals surface area contributed by atoms with E-state index in [0.29, 0.717) is 31.2 Å². The summed E-state index contributed by atoms with van der Waals surface area (Å²) < 4.78 is 28.1. The second kappa shape index (κ2) is 8.22. The largest absolute Gasteiger partial charge is 0.481 e. The van der Waals surface area contributed by atoms with E-state index in [-0.39, 0.29) is 4.90 Å². The molecule has 2 aliphatic rings. The van der Waals surface area contributed by atoms with Crippen molar-refractivity contribution in [2.75, 3.05) is 6.54 Å². The van der Waals surface area contributed by atoms with Crippen LogP contribution >= 0.6 is 0 Å². The second-order valence-corrected chi connectivity index (χ2v) is 11.0. The van der Waals surface area contributed by atoms with Crippen LogP contribution in [0.15, 0.2) is 47.4 Å². The topological polar surface area (TPSA) is 153 Å². The van der Waals surface area contributed by atoms with Gasteiger partial charge in [-0.15, -0.1) is 0 Å². The standard InChI is InChI=1S/C23H29N3O5S/c24-17(14-19(27)28)20(29)23(25)21(26-13-12-22(23)10-3-4-11-22)32(30,31)18-9-5-7-15-6-1-2-8-16(15)18/h1-2,5-9,17,21,26H,3-4,10-14,24-25H2,(H,27,28)/t17-,21?,23?/m0/s1. The van der Waals surface area contributed by atoms with Crippen LogP contribution in [0.5, 0.6) is 0 Å². The first kappa shape index (κ1) is 22.8. The number of carboxylic acids is 1. The number of nitrogens with two attached hydrogens (primary N) is 2. The molecule has 8 nitrogen and oxygen atoms in total. The van der Waals surface area contributed by atoms with Gasteiger partial charge in [-0.3, -0.25) is 14.9 Å². The molecule has 9 heteroatoms. The second-order valence-electron chi connectivity index (χ2n) is 9.03. The Morgan fingerprint density at radius 2 is 1.75 bits per heavy atom. The molecule has 0 radical (unpaired) electrons. The number of rotatable bonds is 6. The summed E-state index contributed by atoms with van der Waals surface area (Å²) in [7, 11) is -4.13. The molecule has 1 saturated carbocycles. The van der Waals surface area contributed by atoms with Crippen molar-refractivity contribution in [1.29, 1.82) is 0 Å². The van der Waals surface area contributed by atoms with E-state index >= 15 is 0 Å². The van der Waals surface area contributed by atoms with E-state index in [1.807, 2.05) is 18.2 Å². The van der Waals surface area contributed by atoms with E-state index in [0.717, 1.165) is 18.2 Å². The van der Waals surface area contributed by atoms with E-state index < -0.39 is 50.4 Å². The molecule has 172 valence electrons. The summed E-state index contributed by atoms with van der Waals surface area (Å²) in [5.41, 5.74) is 10.3. The molecular formula is C23H29N3O5S. The van der Waals surface area contributed by atoms with E-state index in [4.69, 9.17) is 11.5 Å². The average Bonchev–Trinajstić information content (AvgIpc) is 3.24. The van der Waals surface area contributed by atoms with Gasteiger partial charge < -0.3 is 16.6 Å². The third-order valence-corrected chi connectivity index (χ3v) is 9.42. The molecule has 2 unspecified atom stereocenters. The van der Waals surface area contributed by atoms with Crippen LogP contribution in [0.2, 0.25) is 0 Å². The molecule has 1 heterocycles. The van der Waals surface area contributed by atoms with Gasteiger partial charge in [-0.05, 0) is 42.7 Å². The maximum atomic E-state index is 14.1. The minimum atomic E-state index is -4.13. The lowest BCUT2D eigenvalue weighted by molar-refractivity contribution is -0.142. The van der Waals surface area contributed by atoms with Crippen molar-refractivity contribution in [2.24, 2.45) is 16.9 Å². The molecular weight excluding hydrogens is 430 g/mol. The Bertz CT molecular complexity index is 1150. The van der Waals surface area contributed by atoms with Gasteiger partial charge in [0.2, 0.25) is 0 Å². The number of hydrogen-bond acceptors (Lipinski definition) is 7. The lowest BCUT2D eigenvalue weighted by atomic mass is 9.61. The number of hydrogen-bond donors (Lipinski definition) is 4. The maximum Gasteiger partial charge on any atom is 0.305 e. The van der Waals surface area contributed by atoms with Crippen molar-refractivity contribution in [3.05, 3.63) is 42.5 Å². The van der Waals surface area contributed by atoms with Gasteiger partial charge in [-0.2, -0.15) is 0 Å². The molecule has 0 aromatic heterocycles. The normalized spacial score (nSPS) is 26.2. The number of piperidine rings is 1. The zero-order chi connectivity index (χ0) is 23.1. The van der Waals surface area contributed by atoms with E-state index in [1.54, 1.807) is 18.2 Å². The van der Waals surface area contributed by atoms with Gasteiger partial charge in [0, 0.05) is 5.39 Å². The van der Waals surface area contributed by atoms with Crippen molar-refractivity contribution in [3.63, 3.8) is 0 Å². The zero-order valence-corrected chi connectivity index (χ0v) is 18.6. The van der Waals surface area contributed by atoms with Gasteiger partial charge in [0.15, 0.2) is 15.6 Å². The van der Waals surface area contributed by atoms with Crippen LogP contribution in [0.3, 0.4) is 0 Å². The average molecular weight is 460 g/mol. The number of Topliss-reactive ketones (excluding diaryl/α,β-unsaturated/α-hetero) is 1. The number of sulfone groups is 1. The SMILES string of the molecule is N[C@@H](CC(=O)O)C(=O)C1(N)C(S(=O)(=O)c2cccc3ccccc23)NCCC12CCCC2. The van der Waals surface area contributed by atoms with Crippen molar-refractivity contribution in [3.8, 4) is 0 Å². The number of ketones is 1. The number of fused-ring (bicyclic) bond motifs is 1. The molecule has 1 aliphatic carbocycles. The minimum Gasteiger partial charge on any atom is -0.481 e. The van der Waals surface area contributed by atoms with E-state index in [1.165, 1.54) is 6.07 Å². The molecule has 1 saturated heterocycles. The fourth-order valence-electron chi connectivity index (χ4n) is 5.71. The molecule has 1 spiro atoms. The minimum absolute atomic E-state index is 0.0950. The summed E-state index contributed by atoms with van der Waals surface area (Å²) in [6.07, 6.45) is 2.82. The first-order valence-corrected chi connectivity index (χ1v) is 12.4. The van der Waals surface area contributed by atoms with Crippen molar-refractivity contribution < 1.29 is 23.1 Å². The van der Waals surface area contributed by atoms with Gasteiger partial charge in [0.1, 0.15) is 10.9 Å². The lowest BCUT2D eigenvalue weighted by Crippen LogP contribution is -2.77. The first-order chi connectivity index (χ1) is 15.1. The van der Waals surface area contributed by atoms with Crippen molar-refractivity contribution in [2.45, 2.75) is 60.4 Å². The molecule has 32 heavy (non-hydrogen) atoms. The predicted octanol–water partition coefficient (Wildman–Crippen LogP) is 1.56. The van der Waals surface area contributed by atoms with Gasteiger partial charge in [-0.25, -0.2) is 8.42 Å². The monoisotopic (exact) mass is 459 g/mol. The third kappa shape index (κ3) is 3.44. The third-order valence-electron chi connectivity index (χ3n) is 7.29. The van der Waals surface area contributed by atoms with Crippen LogP contribution in [0.1, 0.15) is 38.5 Å². The predicted molar refractivity (Wildman–Crippen MR) is 121 cm³/mol. The summed E-state index contributed by atoms with van der Waals surface area (Å²) in [6.45, 7) is 0.398. The Morgan fingerprint density at radius 3 is 2.44 bits per heavy atom. The summed E-state index contributed by atoms with van der Waals surface area (Å²) in [4.78, 5) is 25.0. The molecule has 0 amide bonds. The van der Waals surface area contributed by atoms with Crippen LogP contribution in [-0.2, 0) is 19.4 Å². The highest BCUT2D eigenvalue weighted by atomic mass is 32.2. The van der Waals surface area contributed by atoms with Crippen molar-refractivity contribution >= 4 is 32.4 Å². The maximum absolute atomic E-state index is 14.1. The van der Waals surface area contributed by atoms with Gasteiger partial charge in [-0.1, -0.05) is 49.2 Å². The Balaban J connectivity index is 1.88. The van der Waals surface area contributed by atoms with E-state index in [2.05, 4.69) is 5.32 Å². The fraction of sp³-hybridized carbons (Fsp3) is 0.478. The van der Waals surface area contributed by atoms with Crippen LogP contribution in [0, 0.1) is 5.41 Å². The number of carbonyl (C=O) groups is 2. The van der Waals surface area contributed by atoms with Gasteiger partial charge >= 0.3 is 5.97 Å². The Hall–Kier alpha value is -2.33. The summed E-state index contributed by atoms with van der Waals surface area (Å²) in [5, 5.41) is 12.1. The Morgan fingerprint density at radius 1 is 1.09 bits per heavy atom. The van der Waals surface area contributed by atoms with Crippen LogP contribution in [0.25, 0.3) is 10.8 Å². The highest BCUT2D eigenvalue weighted by molar-refractivity contribution is 7.92. The Labute approximate surface area is 187 Å². The van der Waals surface area contributed by atoms with Crippen LogP contribution < -0.4 is 16.8 Å². The van der Waals surface area contributed by atoms with Gasteiger partial charge in [0.25, 0.3) is 0 Å². The fourth-order valence-corrected chi connectivity index (χ4v) is 7.91. The van der Waals surface area contributed by atoms with Crippen LogP contribution in [-0.4, -0.2) is 48.8 Å². The van der Waals surface area contributed by atoms with Gasteiger partial charge in [0.05, 0.1) is 17.4 Å². The highest BCUT2D eigenvalue weighted by Crippen LogP contribution is 2.53. The molecule has 3 atom stereocenters. The lowest BCUT2D eigenvalue weighted by Gasteiger charge is -2.53. The number of nitrogens with one attached hydrogen (secondary N) is 1.